The summed E-state index contributed by atoms with van der Waals surface area (Å²) in [7, 11) is 0. The minimum atomic E-state index is 0.00875. The van der Waals surface area contributed by atoms with Gasteiger partial charge in [0, 0.05) is 31.2 Å². The topological polar surface area (TPSA) is 130 Å². The van der Waals surface area contributed by atoms with Crippen LogP contribution in [0.5, 0.6) is 0 Å². The summed E-state index contributed by atoms with van der Waals surface area (Å²) in [6, 6.07) is 7.94. The molecule has 0 amide bonds. The van der Waals surface area contributed by atoms with Crippen LogP contribution in [0.15, 0.2) is 30.5 Å². The lowest BCUT2D eigenvalue weighted by Crippen LogP contribution is -2.22. The summed E-state index contributed by atoms with van der Waals surface area (Å²) in [5, 5.41) is 20.5. The van der Waals surface area contributed by atoms with Crippen LogP contribution >= 0.6 is 0 Å². The Bertz CT molecular complexity index is 1050. The van der Waals surface area contributed by atoms with Gasteiger partial charge >= 0.3 is 0 Å². The summed E-state index contributed by atoms with van der Waals surface area (Å²) in [5.41, 5.74) is 9.19. The lowest BCUT2D eigenvalue weighted by atomic mass is 10.1. The van der Waals surface area contributed by atoms with Crippen molar-refractivity contribution in [1.82, 2.24) is 19.6 Å². The average Bonchev–Trinajstić information content (AvgIpc) is 3.21. The third-order valence-corrected chi connectivity index (χ3v) is 5.39. The van der Waals surface area contributed by atoms with Crippen molar-refractivity contribution in [2.24, 2.45) is 5.73 Å². The number of fused-ring (bicyclic) bond motifs is 1. The third kappa shape index (κ3) is 5.80. The lowest BCUT2D eigenvalue weighted by Gasteiger charge is -2.17. The first-order chi connectivity index (χ1) is 15.4. The van der Waals surface area contributed by atoms with E-state index in [4.69, 9.17) is 10.7 Å². The Morgan fingerprint density at radius 2 is 2.03 bits per heavy atom. The molecule has 2 heterocycles. The molecule has 9 heteroatoms. The van der Waals surface area contributed by atoms with Crippen molar-refractivity contribution in [1.29, 1.82) is 0 Å². The molecule has 0 saturated carbocycles. The molecular weight excluding hydrogens is 406 g/mol. The number of anilines is 2. The predicted octanol–water partition coefficient (Wildman–Crippen LogP) is 2.50. The minimum absolute atomic E-state index is 0.00875. The summed E-state index contributed by atoms with van der Waals surface area (Å²) in [6.07, 6.45) is 3.63. The summed E-state index contributed by atoms with van der Waals surface area (Å²) < 4.78 is 1.72. The van der Waals surface area contributed by atoms with Gasteiger partial charge in [0.05, 0.1) is 12.7 Å². The molecule has 3 rings (SSSR count). The van der Waals surface area contributed by atoms with E-state index in [-0.39, 0.29) is 30.9 Å². The maximum Gasteiger partial charge on any atom is 0.229 e. The molecular formula is C23H33N7O2. The SMILES string of the molecule is CCC(CCO)Nc1nc(NCc2cccc(CC(=O)CN)c2)n2ncc(C(C)C)c2n1. The number of aliphatic hydroxyl groups is 1. The number of nitrogens with zero attached hydrogens (tertiary/aromatic N) is 4. The zero-order valence-corrected chi connectivity index (χ0v) is 19.0. The molecule has 0 spiro atoms. The Morgan fingerprint density at radius 1 is 1.25 bits per heavy atom. The number of Topliss-reactive ketones (excluding diaryl/α,β-unsaturated/α-hetero) is 1. The van der Waals surface area contributed by atoms with Gasteiger partial charge in [-0.05, 0) is 29.9 Å². The van der Waals surface area contributed by atoms with Gasteiger partial charge in [-0.25, -0.2) is 0 Å². The predicted molar refractivity (Wildman–Crippen MR) is 126 cm³/mol. The van der Waals surface area contributed by atoms with Crippen LogP contribution in [0.3, 0.4) is 0 Å². The van der Waals surface area contributed by atoms with Crippen LogP contribution in [0.2, 0.25) is 0 Å². The van der Waals surface area contributed by atoms with E-state index < -0.39 is 0 Å². The second kappa shape index (κ2) is 11.0. The van der Waals surface area contributed by atoms with Gasteiger partial charge in [-0.1, -0.05) is 45.0 Å². The molecule has 5 N–H and O–H groups in total. The Kier molecular flexibility index (Phi) is 8.13. The average molecular weight is 440 g/mol. The van der Waals surface area contributed by atoms with E-state index in [9.17, 15) is 9.90 Å². The molecule has 0 fully saturated rings. The van der Waals surface area contributed by atoms with E-state index in [1.165, 1.54) is 0 Å². The highest BCUT2D eigenvalue weighted by Crippen LogP contribution is 2.23. The number of ketones is 1. The summed E-state index contributed by atoms with van der Waals surface area (Å²) >= 11 is 0. The van der Waals surface area contributed by atoms with Gasteiger partial charge in [0.25, 0.3) is 0 Å². The maximum atomic E-state index is 11.7. The second-order valence-corrected chi connectivity index (χ2v) is 8.22. The van der Waals surface area contributed by atoms with Crippen LogP contribution in [0.1, 0.15) is 56.2 Å². The van der Waals surface area contributed by atoms with Gasteiger partial charge in [-0.3, -0.25) is 4.79 Å². The third-order valence-electron chi connectivity index (χ3n) is 5.39. The number of carbonyl (C=O) groups is 1. The molecule has 0 saturated heterocycles. The van der Waals surface area contributed by atoms with Crippen LogP contribution in [-0.2, 0) is 17.8 Å². The summed E-state index contributed by atoms with van der Waals surface area (Å²) in [4.78, 5) is 21.0. The summed E-state index contributed by atoms with van der Waals surface area (Å²) in [6.45, 7) is 6.93. The molecule has 1 atom stereocenters. The molecule has 0 aliphatic heterocycles. The van der Waals surface area contributed by atoms with Crippen molar-refractivity contribution in [2.45, 2.75) is 58.5 Å². The van der Waals surface area contributed by atoms with E-state index in [2.05, 4.69) is 41.5 Å². The van der Waals surface area contributed by atoms with Gasteiger partial charge in [-0.2, -0.15) is 19.6 Å². The van der Waals surface area contributed by atoms with Crippen molar-refractivity contribution < 1.29 is 9.90 Å². The van der Waals surface area contributed by atoms with Crippen molar-refractivity contribution in [3.05, 3.63) is 47.2 Å². The van der Waals surface area contributed by atoms with Crippen LogP contribution in [0.4, 0.5) is 11.9 Å². The zero-order chi connectivity index (χ0) is 23.1. The molecule has 0 aliphatic carbocycles. The standard InChI is InChI=1S/C23H33N7O2/c1-4-18(8-9-31)27-22-28-21-20(15(2)3)14-26-30(21)23(29-22)25-13-17-7-5-6-16(10-17)11-19(32)12-24/h5-7,10,14-15,18,31H,4,8-9,11-13,24H2,1-3H3,(H2,25,27,28,29). The monoisotopic (exact) mass is 439 g/mol. The molecule has 0 radical (unpaired) electrons. The van der Waals surface area contributed by atoms with Gasteiger partial charge in [0.2, 0.25) is 11.9 Å². The number of aliphatic hydroxyl groups excluding tert-OH is 1. The summed E-state index contributed by atoms with van der Waals surface area (Å²) in [5.74, 6) is 1.35. The largest absolute Gasteiger partial charge is 0.396 e. The number of carbonyl (C=O) groups excluding carboxylic acids is 1. The van der Waals surface area contributed by atoms with E-state index in [0.717, 1.165) is 28.8 Å². The Labute approximate surface area is 188 Å². The molecule has 1 unspecified atom stereocenters. The Morgan fingerprint density at radius 3 is 2.72 bits per heavy atom. The van der Waals surface area contributed by atoms with Crippen molar-refractivity contribution in [3.63, 3.8) is 0 Å². The van der Waals surface area contributed by atoms with Crippen molar-refractivity contribution >= 4 is 23.3 Å². The first-order valence-corrected chi connectivity index (χ1v) is 11.1. The maximum absolute atomic E-state index is 11.7. The van der Waals surface area contributed by atoms with Gasteiger partial charge in [0.15, 0.2) is 11.4 Å². The van der Waals surface area contributed by atoms with Crippen LogP contribution in [0.25, 0.3) is 5.65 Å². The van der Waals surface area contributed by atoms with Crippen molar-refractivity contribution in [2.75, 3.05) is 23.8 Å². The normalized spacial score (nSPS) is 12.3. The molecule has 172 valence electrons. The van der Waals surface area contributed by atoms with Gasteiger partial charge < -0.3 is 21.5 Å². The van der Waals surface area contributed by atoms with Crippen LogP contribution < -0.4 is 16.4 Å². The number of nitrogens with one attached hydrogen (secondary N) is 2. The van der Waals surface area contributed by atoms with E-state index in [0.29, 0.717) is 31.3 Å². The number of rotatable bonds is 12. The number of benzene rings is 1. The number of hydrogen-bond acceptors (Lipinski definition) is 8. The fourth-order valence-electron chi connectivity index (χ4n) is 3.53. The first-order valence-electron chi connectivity index (χ1n) is 11.1. The molecule has 3 aromatic rings. The van der Waals surface area contributed by atoms with E-state index >= 15 is 0 Å². The molecule has 2 aromatic heterocycles. The van der Waals surface area contributed by atoms with Crippen molar-refractivity contribution in [3.8, 4) is 0 Å². The Hall–Kier alpha value is -3.04. The lowest BCUT2D eigenvalue weighted by molar-refractivity contribution is -0.117. The highest BCUT2D eigenvalue weighted by atomic mass is 16.3. The highest BCUT2D eigenvalue weighted by Gasteiger charge is 2.17. The zero-order valence-electron chi connectivity index (χ0n) is 19.0. The van der Waals surface area contributed by atoms with E-state index in [1.807, 2.05) is 30.5 Å². The molecule has 0 aliphatic rings. The van der Waals surface area contributed by atoms with Crippen LogP contribution in [0, 0.1) is 0 Å². The molecule has 1 aromatic carbocycles. The minimum Gasteiger partial charge on any atom is -0.396 e. The van der Waals surface area contributed by atoms with Gasteiger partial charge in [-0.15, -0.1) is 0 Å². The number of hydrogen-bond donors (Lipinski definition) is 4. The molecule has 9 nitrogen and oxygen atoms in total. The first kappa shape index (κ1) is 23.6. The quantitative estimate of drug-likeness (QED) is 0.339. The Balaban J connectivity index is 1.88. The van der Waals surface area contributed by atoms with E-state index in [1.54, 1.807) is 4.52 Å². The highest BCUT2D eigenvalue weighted by molar-refractivity contribution is 5.82. The fourth-order valence-corrected chi connectivity index (χ4v) is 3.53. The molecule has 32 heavy (non-hydrogen) atoms. The van der Waals surface area contributed by atoms with Gasteiger partial charge in [0.1, 0.15) is 0 Å². The second-order valence-electron chi connectivity index (χ2n) is 8.22. The smallest absolute Gasteiger partial charge is 0.229 e. The van der Waals surface area contributed by atoms with Crippen LogP contribution in [-0.4, -0.2) is 49.7 Å². The molecule has 0 bridgehead atoms. The number of nitrogens with two attached hydrogens (primary N) is 1. The number of aromatic nitrogens is 4. The fraction of sp³-hybridized carbons (Fsp3) is 0.478.